The summed E-state index contributed by atoms with van der Waals surface area (Å²) < 4.78 is 0. The van der Waals surface area contributed by atoms with Crippen LogP contribution >= 0.6 is 0 Å². The molecule has 1 aromatic carbocycles. The number of urea groups is 1. The van der Waals surface area contributed by atoms with Gasteiger partial charge in [0.25, 0.3) is 11.8 Å². The zero-order valence-corrected chi connectivity index (χ0v) is 13.2. The van der Waals surface area contributed by atoms with Gasteiger partial charge < -0.3 is 16.0 Å². The van der Waals surface area contributed by atoms with Crippen molar-refractivity contribution in [2.24, 2.45) is 11.7 Å². The smallest absolute Gasteiger partial charge is 0.322 e. The number of hydrogen-bond donors (Lipinski definition) is 3. The molecule has 0 saturated carbocycles. The monoisotopic (exact) mass is 330 g/mol. The summed E-state index contributed by atoms with van der Waals surface area (Å²) in [7, 11) is 0. The standard InChI is InChI=1S/C16H18N4O4/c1-16(14(23)18-15(24)19-16)11-4-2-3-10(6-11)13(22)20-7-9(8-20)5-12(17)21/h2-4,6,9H,5,7-8H2,1H3,(H2,17,21)(H2,18,19,23,24). The number of carbonyl (C=O) groups is 4. The number of nitrogens with zero attached hydrogens (tertiary/aromatic N) is 1. The number of benzene rings is 1. The van der Waals surface area contributed by atoms with Crippen LogP contribution < -0.4 is 16.4 Å². The molecule has 4 N–H and O–H groups in total. The second-order valence-corrected chi connectivity index (χ2v) is 6.36. The third-order valence-corrected chi connectivity index (χ3v) is 4.47. The molecule has 2 fully saturated rings. The fraction of sp³-hybridized carbons (Fsp3) is 0.375. The maximum Gasteiger partial charge on any atom is 0.322 e. The van der Waals surface area contributed by atoms with Crippen LogP contribution in [-0.2, 0) is 15.1 Å². The number of nitrogens with one attached hydrogen (secondary N) is 2. The Hall–Kier alpha value is -2.90. The third kappa shape index (κ3) is 2.70. The Balaban J connectivity index is 1.75. The maximum absolute atomic E-state index is 12.5. The summed E-state index contributed by atoms with van der Waals surface area (Å²) in [6.45, 7) is 2.56. The molecule has 0 bridgehead atoms. The minimum atomic E-state index is -1.20. The second kappa shape index (κ2) is 5.63. The van der Waals surface area contributed by atoms with Gasteiger partial charge in [0.15, 0.2) is 0 Å². The minimum absolute atomic E-state index is 0.104. The van der Waals surface area contributed by atoms with Gasteiger partial charge in [-0.25, -0.2) is 4.79 Å². The quantitative estimate of drug-likeness (QED) is 0.655. The molecule has 0 radical (unpaired) electrons. The zero-order chi connectivity index (χ0) is 17.5. The van der Waals surface area contributed by atoms with E-state index in [1.807, 2.05) is 0 Å². The Morgan fingerprint density at radius 2 is 2.04 bits per heavy atom. The molecule has 1 atom stereocenters. The first-order chi connectivity index (χ1) is 11.3. The van der Waals surface area contributed by atoms with Gasteiger partial charge in [-0.15, -0.1) is 0 Å². The van der Waals surface area contributed by atoms with Gasteiger partial charge in [-0.2, -0.15) is 0 Å². The SMILES string of the molecule is CC1(c2cccc(C(=O)N3CC(CC(N)=O)C3)c2)NC(=O)NC1=O. The van der Waals surface area contributed by atoms with E-state index in [0.29, 0.717) is 24.2 Å². The van der Waals surface area contributed by atoms with Gasteiger partial charge in [-0.1, -0.05) is 12.1 Å². The van der Waals surface area contributed by atoms with E-state index in [0.717, 1.165) is 0 Å². The van der Waals surface area contributed by atoms with Crippen molar-refractivity contribution in [1.29, 1.82) is 0 Å². The van der Waals surface area contributed by atoms with Gasteiger partial charge in [0.05, 0.1) is 0 Å². The number of hydrogen-bond acceptors (Lipinski definition) is 4. The molecule has 0 spiro atoms. The van der Waals surface area contributed by atoms with Crippen molar-refractivity contribution in [3.05, 3.63) is 35.4 Å². The third-order valence-electron chi connectivity index (χ3n) is 4.47. The molecule has 8 nitrogen and oxygen atoms in total. The number of carbonyl (C=O) groups excluding carboxylic acids is 4. The molecule has 2 saturated heterocycles. The van der Waals surface area contributed by atoms with Gasteiger partial charge in [0, 0.05) is 31.0 Å². The fourth-order valence-corrected chi connectivity index (χ4v) is 3.04. The predicted molar refractivity (Wildman–Crippen MR) is 83.7 cm³/mol. The van der Waals surface area contributed by atoms with Gasteiger partial charge in [0.2, 0.25) is 5.91 Å². The van der Waals surface area contributed by atoms with E-state index in [4.69, 9.17) is 5.73 Å². The highest BCUT2D eigenvalue weighted by Gasteiger charge is 2.43. The second-order valence-electron chi connectivity index (χ2n) is 6.36. The Morgan fingerprint density at radius 3 is 2.62 bits per heavy atom. The molecule has 2 heterocycles. The Kier molecular flexibility index (Phi) is 3.75. The first-order valence-electron chi connectivity index (χ1n) is 7.61. The fourth-order valence-electron chi connectivity index (χ4n) is 3.04. The van der Waals surface area contributed by atoms with Crippen LogP contribution in [-0.4, -0.2) is 41.7 Å². The van der Waals surface area contributed by atoms with Crippen molar-refractivity contribution in [1.82, 2.24) is 15.5 Å². The Bertz CT molecular complexity index is 741. The summed E-state index contributed by atoms with van der Waals surface area (Å²) in [6.07, 6.45) is 0.272. The first kappa shape index (κ1) is 16.0. The zero-order valence-electron chi connectivity index (χ0n) is 13.2. The van der Waals surface area contributed by atoms with E-state index >= 15 is 0 Å². The molecule has 0 aliphatic carbocycles. The van der Waals surface area contributed by atoms with E-state index in [1.54, 1.807) is 36.1 Å². The number of amides is 5. The molecule has 1 aromatic rings. The Labute approximate surface area is 138 Å². The van der Waals surface area contributed by atoms with E-state index in [1.165, 1.54) is 0 Å². The summed E-state index contributed by atoms with van der Waals surface area (Å²) in [6, 6.07) is 6.07. The summed E-state index contributed by atoms with van der Waals surface area (Å²) >= 11 is 0. The van der Waals surface area contributed by atoms with Crippen LogP contribution in [0.4, 0.5) is 4.79 Å². The van der Waals surface area contributed by atoms with E-state index in [9.17, 15) is 19.2 Å². The maximum atomic E-state index is 12.5. The summed E-state index contributed by atoms with van der Waals surface area (Å²) in [5.74, 6) is -0.898. The molecule has 2 aliphatic heterocycles. The number of imide groups is 1. The number of likely N-dealkylation sites (tertiary alicyclic amines) is 1. The number of nitrogens with two attached hydrogens (primary N) is 1. The topological polar surface area (TPSA) is 122 Å². The van der Waals surface area contributed by atoms with Crippen molar-refractivity contribution < 1.29 is 19.2 Å². The molecule has 1 unspecified atom stereocenters. The van der Waals surface area contributed by atoms with Crippen molar-refractivity contribution in [2.45, 2.75) is 18.9 Å². The van der Waals surface area contributed by atoms with Crippen LogP contribution in [0.15, 0.2) is 24.3 Å². The molecule has 2 aliphatic rings. The molecule has 126 valence electrons. The predicted octanol–water partition coefficient (Wildman–Crippen LogP) is -0.311. The average molecular weight is 330 g/mol. The summed E-state index contributed by atoms with van der Waals surface area (Å²) in [5, 5.41) is 4.77. The van der Waals surface area contributed by atoms with Crippen molar-refractivity contribution in [3.8, 4) is 0 Å². The van der Waals surface area contributed by atoms with Gasteiger partial charge >= 0.3 is 6.03 Å². The summed E-state index contributed by atoms with van der Waals surface area (Å²) in [4.78, 5) is 48.4. The van der Waals surface area contributed by atoms with Crippen LogP contribution in [0.5, 0.6) is 0 Å². The Morgan fingerprint density at radius 1 is 1.33 bits per heavy atom. The average Bonchev–Trinajstić information content (AvgIpc) is 2.75. The summed E-state index contributed by atoms with van der Waals surface area (Å²) in [5.41, 5.74) is 4.92. The van der Waals surface area contributed by atoms with Crippen molar-refractivity contribution in [2.75, 3.05) is 13.1 Å². The normalized spacial score (nSPS) is 23.5. The number of rotatable bonds is 4. The lowest BCUT2D eigenvalue weighted by atomic mass is 9.90. The highest BCUT2D eigenvalue weighted by Crippen LogP contribution is 2.27. The largest absolute Gasteiger partial charge is 0.370 e. The van der Waals surface area contributed by atoms with Crippen molar-refractivity contribution in [3.63, 3.8) is 0 Å². The van der Waals surface area contributed by atoms with E-state index in [-0.39, 0.29) is 24.2 Å². The lowest BCUT2D eigenvalue weighted by Gasteiger charge is -2.39. The van der Waals surface area contributed by atoms with Crippen LogP contribution in [0, 0.1) is 5.92 Å². The number of primary amides is 1. The van der Waals surface area contributed by atoms with Crippen LogP contribution in [0.25, 0.3) is 0 Å². The highest BCUT2D eigenvalue weighted by atomic mass is 16.2. The molecular weight excluding hydrogens is 312 g/mol. The first-order valence-corrected chi connectivity index (χ1v) is 7.61. The lowest BCUT2D eigenvalue weighted by Crippen LogP contribution is -2.51. The van der Waals surface area contributed by atoms with E-state index in [2.05, 4.69) is 10.6 Å². The van der Waals surface area contributed by atoms with Crippen LogP contribution in [0.3, 0.4) is 0 Å². The van der Waals surface area contributed by atoms with E-state index < -0.39 is 17.5 Å². The molecule has 24 heavy (non-hydrogen) atoms. The van der Waals surface area contributed by atoms with Gasteiger partial charge in [-0.3, -0.25) is 19.7 Å². The molecular formula is C16H18N4O4. The lowest BCUT2D eigenvalue weighted by molar-refractivity contribution is -0.123. The van der Waals surface area contributed by atoms with Crippen LogP contribution in [0.2, 0.25) is 0 Å². The molecule has 8 heteroatoms. The molecule has 3 rings (SSSR count). The molecule has 0 aromatic heterocycles. The minimum Gasteiger partial charge on any atom is -0.370 e. The van der Waals surface area contributed by atoms with Crippen LogP contribution in [0.1, 0.15) is 29.3 Å². The van der Waals surface area contributed by atoms with Gasteiger partial charge in [-0.05, 0) is 24.6 Å². The van der Waals surface area contributed by atoms with Gasteiger partial charge in [0.1, 0.15) is 5.54 Å². The molecule has 5 amide bonds. The highest BCUT2D eigenvalue weighted by molar-refractivity contribution is 6.07. The van der Waals surface area contributed by atoms with Crippen molar-refractivity contribution >= 4 is 23.8 Å².